The van der Waals surface area contributed by atoms with Crippen LogP contribution in [0.25, 0.3) is 6.08 Å². The number of benzene rings is 1. The van der Waals surface area contributed by atoms with Crippen LogP contribution >= 0.6 is 0 Å². The van der Waals surface area contributed by atoms with E-state index in [1.54, 1.807) is 12.0 Å². The minimum atomic E-state index is -1.04. The average molecular weight is 492 g/mol. The first-order chi connectivity index (χ1) is 17.2. The van der Waals surface area contributed by atoms with Crippen LogP contribution in [0.4, 0.5) is 0 Å². The van der Waals surface area contributed by atoms with Gasteiger partial charge in [-0.2, -0.15) is 0 Å². The van der Waals surface area contributed by atoms with Gasteiger partial charge in [0.2, 0.25) is 5.91 Å². The molecule has 36 heavy (non-hydrogen) atoms. The van der Waals surface area contributed by atoms with Gasteiger partial charge in [-0.15, -0.1) is 0 Å². The molecule has 0 radical (unpaired) electrons. The van der Waals surface area contributed by atoms with Crippen molar-refractivity contribution < 1.29 is 14.3 Å². The Kier molecular flexibility index (Phi) is 7.91. The van der Waals surface area contributed by atoms with Crippen molar-refractivity contribution in [1.82, 2.24) is 14.8 Å². The highest BCUT2D eigenvalue weighted by Gasteiger charge is 2.48. The summed E-state index contributed by atoms with van der Waals surface area (Å²) in [5.74, 6) is 0.519. The molecule has 1 saturated carbocycles. The molecule has 1 aliphatic carbocycles. The number of allylic oxidation sites excluding steroid dienone is 1. The van der Waals surface area contributed by atoms with Gasteiger partial charge < -0.3 is 19.5 Å². The van der Waals surface area contributed by atoms with Crippen LogP contribution in [0.1, 0.15) is 93.0 Å². The Balaban J connectivity index is 1.74. The van der Waals surface area contributed by atoms with E-state index in [2.05, 4.69) is 25.2 Å². The highest BCUT2D eigenvalue weighted by molar-refractivity contribution is 6.00. The minimum absolute atomic E-state index is 0.0727. The number of ether oxygens (including phenoxy) is 1. The monoisotopic (exact) mass is 491 g/mol. The normalized spacial score (nSPS) is 20.8. The van der Waals surface area contributed by atoms with Gasteiger partial charge in [0.15, 0.2) is 0 Å². The molecular formula is C30H41N3O3. The van der Waals surface area contributed by atoms with Crippen molar-refractivity contribution in [3.8, 4) is 5.75 Å². The average Bonchev–Trinajstić information content (AvgIpc) is 3.13. The fourth-order valence-corrected chi connectivity index (χ4v) is 5.65. The van der Waals surface area contributed by atoms with E-state index in [-0.39, 0.29) is 17.9 Å². The molecule has 2 amide bonds. The number of amides is 2. The van der Waals surface area contributed by atoms with E-state index in [0.29, 0.717) is 18.8 Å². The van der Waals surface area contributed by atoms with E-state index >= 15 is 0 Å². The zero-order chi connectivity index (χ0) is 25.9. The molecule has 2 aromatic rings. The van der Waals surface area contributed by atoms with Crippen LogP contribution in [0, 0.1) is 6.92 Å². The van der Waals surface area contributed by atoms with Gasteiger partial charge in [0.1, 0.15) is 17.0 Å². The Labute approximate surface area is 215 Å². The van der Waals surface area contributed by atoms with E-state index in [9.17, 15) is 9.59 Å². The van der Waals surface area contributed by atoms with Crippen LogP contribution in [-0.2, 0) is 17.9 Å². The molecule has 1 aromatic carbocycles. The number of rotatable bonds is 6. The molecule has 0 spiro atoms. The quantitative estimate of drug-likeness (QED) is 0.549. The standard InChI is InChI=1S/C30H41N3O3/c1-21(2)17-25-22(3)18-26-28(34)33(19-23-13-11-12-16-27(23)36-5)30(4,20-32(25)26)29(35)31-24-14-9-7-6-8-10-15-24/h11-13,16-18,24H,6-10,14-15,19-20H2,1-5H3,(H,31,35). The van der Waals surface area contributed by atoms with Crippen molar-refractivity contribution >= 4 is 17.9 Å². The lowest BCUT2D eigenvalue weighted by molar-refractivity contribution is -0.134. The maximum atomic E-state index is 14.1. The maximum Gasteiger partial charge on any atom is 0.271 e. The molecule has 6 nitrogen and oxygen atoms in total. The van der Waals surface area contributed by atoms with Crippen molar-refractivity contribution in [3.05, 3.63) is 58.4 Å². The SMILES string of the molecule is COc1ccccc1CN1C(=O)c2cc(C)c(C=C(C)C)n2CC1(C)C(=O)NC1CCCCCCC1. The first-order valence-corrected chi connectivity index (χ1v) is 13.3. The largest absolute Gasteiger partial charge is 0.496 e. The number of nitrogens with zero attached hydrogens (tertiary/aromatic N) is 2. The molecule has 2 aliphatic rings. The number of aromatic nitrogens is 1. The molecule has 1 aliphatic heterocycles. The Morgan fingerprint density at radius 1 is 1.14 bits per heavy atom. The molecule has 0 saturated heterocycles. The highest BCUT2D eigenvalue weighted by Crippen LogP contribution is 2.35. The van der Waals surface area contributed by atoms with Gasteiger partial charge in [-0.05, 0) is 64.3 Å². The van der Waals surface area contributed by atoms with Crippen molar-refractivity contribution in [2.75, 3.05) is 7.11 Å². The molecule has 1 aromatic heterocycles. The predicted molar refractivity (Wildman–Crippen MR) is 144 cm³/mol. The third-order valence-corrected chi connectivity index (χ3v) is 7.74. The van der Waals surface area contributed by atoms with E-state index in [4.69, 9.17) is 4.74 Å². The first-order valence-electron chi connectivity index (χ1n) is 13.3. The second-order valence-electron chi connectivity index (χ2n) is 10.9. The lowest BCUT2D eigenvalue weighted by Gasteiger charge is -2.45. The summed E-state index contributed by atoms with van der Waals surface area (Å²) in [7, 11) is 1.64. The van der Waals surface area contributed by atoms with Gasteiger partial charge in [-0.3, -0.25) is 9.59 Å². The number of nitrogens with one attached hydrogen (secondary N) is 1. The summed E-state index contributed by atoms with van der Waals surface area (Å²) < 4.78 is 7.63. The number of carbonyl (C=O) groups is 2. The summed E-state index contributed by atoms with van der Waals surface area (Å²) in [5, 5.41) is 3.37. The van der Waals surface area contributed by atoms with Crippen LogP contribution < -0.4 is 10.1 Å². The third kappa shape index (κ3) is 5.23. The predicted octanol–water partition coefficient (Wildman–Crippen LogP) is 5.87. The topological polar surface area (TPSA) is 63.6 Å². The third-order valence-electron chi connectivity index (χ3n) is 7.74. The Morgan fingerprint density at radius 2 is 1.81 bits per heavy atom. The van der Waals surface area contributed by atoms with Crippen molar-refractivity contribution in [2.45, 2.75) is 97.3 Å². The summed E-state index contributed by atoms with van der Waals surface area (Å²) in [6.45, 7) is 8.78. The zero-order valence-corrected chi connectivity index (χ0v) is 22.5. The van der Waals surface area contributed by atoms with Gasteiger partial charge in [0, 0.05) is 17.3 Å². The molecule has 0 bridgehead atoms. The van der Waals surface area contributed by atoms with Crippen LogP contribution in [0.3, 0.4) is 0 Å². The van der Waals surface area contributed by atoms with Gasteiger partial charge in [-0.25, -0.2) is 0 Å². The fraction of sp³-hybridized carbons (Fsp3) is 0.533. The van der Waals surface area contributed by atoms with E-state index in [0.717, 1.165) is 53.8 Å². The molecule has 2 heterocycles. The summed E-state index contributed by atoms with van der Waals surface area (Å²) in [6, 6.07) is 9.84. The van der Waals surface area contributed by atoms with Crippen molar-refractivity contribution in [2.24, 2.45) is 0 Å². The van der Waals surface area contributed by atoms with Crippen molar-refractivity contribution in [1.29, 1.82) is 0 Å². The molecule has 1 N–H and O–H groups in total. The van der Waals surface area contributed by atoms with E-state index in [1.165, 1.54) is 19.3 Å². The number of aryl methyl sites for hydroxylation is 1. The number of hydrogen-bond donors (Lipinski definition) is 1. The van der Waals surface area contributed by atoms with Crippen LogP contribution in [-0.4, -0.2) is 40.0 Å². The zero-order valence-electron chi connectivity index (χ0n) is 22.5. The maximum absolute atomic E-state index is 14.1. The molecule has 1 unspecified atom stereocenters. The molecule has 6 heteroatoms. The van der Waals surface area contributed by atoms with E-state index < -0.39 is 5.54 Å². The van der Waals surface area contributed by atoms with Gasteiger partial charge in [0.25, 0.3) is 5.91 Å². The Bertz CT molecular complexity index is 1140. The van der Waals surface area contributed by atoms with Gasteiger partial charge >= 0.3 is 0 Å². The van der Waals surface area contributed by atoms with E-state index in [1.807, 2.05) is 48.7 Å². The fourth-order valence-electron chi connectivity index (χ4n) is 5.65. The molecule has 1 fully saturated rings. The second-order valence-corrected chi connectivity index (χ2v) is 10.9. The Morgan fingerprint density at radius 3 is 2.47 bits per heavy atom. The number of fused-ring (bicyclic) bond motifs is 1. The number of hydrogen-bond acceptors (Lipinski definition) is 3. The number of para-hydroxylation sites is 1. The lowest BCUT2D eigenvalue weighted by atomic mass is 9.91. The van der Waals surface area contributed by atoms with Gasteiger partial charge in [0.05, 0.1) is 20.2 Å². The second kappa shape index (κ2) is 10.9. The molecule has 4 rings (SSSR count). The Hall–Kier alpha value is -3.02. The first kappa shape index (κ1) is 26.1. The molecular weight excluding hydrogens is 450 g/mol. The molecule has 1 atom stereocenters. The number of methoxy groups -OCH3 is 1. The molecule has 194 valence electrons. The van der Waals surface area contributed by atoms with Crippen LogP contribution in [0.15, 0.2) is 35.9 Å². The van der Waals surface area contributed by atoms with Crippen molar-refractivity contribution in [3.63, 3.8) is 0 Å². The summed E-state index contributed by atoms with van der Waals surface area (Å²) in [5.41, 5.74) is 3.68. The van der Waals surface area contributed by atoms with Crippen LogP contribution in [0.5, 0.6) is 5.75 Å². The highest BCUT2D eigenvalue weighted by atomic mass is 16.5. The number of carbonyl (C=O) groups excluding carboxylic acids is 2. The van der Waals surface area contributed by atoms with Gasteiger partial charge in [-0.1, -0.05) is 55.9 Å². The lowest BCUT2D eigenvalue weighted by Crippen LogP contribution is -2.64. The smallest absolute Gasteiger partial charge is 0.271 e. The summed E-state index contributed by atoms with van der Waals surface area (Å²) in [4.78, 5) is 29.9. The summed E-state index contributed by atoms with van der Waals surface area (Å²) in [6.07, 6.45) is 10.1. The van der Waals surface area contributed by atoms with Crippen LogP contribution in [0.2, 0.25) is 0 Å². The summed E-state index contributed by atoms with van der Waals surface area (Å²) >= 11 is 0. The minimum Gasteiger partial charge on any atom is -0.496 e.